The highest BCUT2D eigenvalue weighted by Gasteiger charge is 2.32. The predicted octanol–water partition coefficient (Wildman–Crippen LogP) is 1.52. The van der Waals surface area contributed by atoms with Crippen molar-refractivity contribution >= 4 is 10.9 Å². The van der Waals surface area contributed by atoms with Crippen LogP contribution in [0.15, 0.2) is 0 Å². The molecule has 48 valence electrons. The van der Waals surface area contributed by atoms with Crippen LogP contribution in [0.3, 0.4) is 0 Å². The first-order valence-electron chi connectivity index (χ1n) is 3.29. The molecule has 0 aliphatic carbocycles. The molecule has 1 rings (SSSR count). The van der Waals surface area contributed by atoms with Crippen LogP contribution in [-0.2, 0) is 10.9 Å². The Kier molecular flexibility index (Phi) is 1.86. The van der Waals surface area contributed by atoms with E-state index in [0.717, 1.165) is 22.7 Å². The van der Waals surface area contributed by atoms with Crippen molar-refractivity contribution in [2.45, 2.75) is 13.8 Å². The minimum Gasteiger partial charge on any atom is -0.0576 e. The molecule has 8 heavy (non-hydrogen) atoms. The van der Waals surface area contributed by atoms with Gasteiger partial charge in [-0.15, -0.1) is 0 Å². The van der Waals surface area contributed by atoms with E-state index in [1.807, 2.05) is 0 Å². The summed E-state index contributed by atoms with van der Waals surface area (Å²) < 4.78 is 0. The highest BCUT2D eigenvalue weighted by atomic mass is 32.2. The molecule has 0 aromatic carbocycles. The van der Waals surface area contributed by atoms with Crippen LogP contribution in [0.2, 0.25) is 0 Å². The van der Waals surface area contributed by atoms with Gasteiger partial charge in [0.15, 0.2) is 0 Å². The van der Waals surface area contributed by atoms with Crippen LogP contribution >= 0.6 is 0 Å². The van der Waals surface area contributed by atoms with Gasteiger partial charge < -0.3 is 0 Å². The molecule has 1 aliphatic heterocycles. The average Bonchev–Trinajstić information content (AvgIpc) is 1.85. The molecule has 1 aliphatic rings. The Morgan fingerprint density at radius 3 is 1.62 bits per heavy atom. The smallest absolute Gasteiger partial charge is 0.0576 e. The van der Waals surface area contributed by atoms with Gasteiger partial charge in [-0.2, -0.15) is 0 Å². The van der Waals surface area contributed by atoms with Gasteiger partial charge in [0, 0.05) is 11.8 Å². The minimum atomic E-state index is 0.767. The van der Waals surface area contributed by atoms with E-state index in [1.54, 1.807) is 0 Å². The van der Waals surface area contributed by atoms with Crippen molar-refractivity contribution in [2.75, 3.05) is 17.8 Å². The maximum absolute atomic E-state index is 2.39. The molecular formula is C7H15S+. The number of hydrogen-bond acceptors (Lipinski definition) is 0. The van der Waals surface area contributed by atoms with E-state index in [1.165, 1.54) is 11.5 Å². The van der Waals surface area contributed by atoms with Crippen LogP contribution < -0.4 is 0 Å². The van der Waals surface area contributed by atoms with Gasteiger partial charge in [0.2, 0.25) is 0 Å². The average molecular weight is 131 g/mol. The third-order valence-electron chi connectivity index (χ3n) is 2.07. The summed E-state index contributed by atoms with van der Waals surface area (Å²) in [5.41, 5.74) is 0. The van der Waals surface area contributed by atoms with Gasteiger partial charge in [0.05, 0.1) is 6.26 Å². The van der Waals surface area contributed by atoms with Crippen molar-refractivity contribution in [1.82, 2.24) is 0 Å². The Labute approximate surface area is 55.0 Å². The van der Waals surface area contributed by atoms with Gasteiger partial charge in [-0.05, 0) is 10.9 Å². The van der Waals surface area contributed by atoms with E-state index < -0.39 is 0 Å². The summed E-state index contributed by atoms with van der Waals surface area (Å²) >= 11 is 0. The fraction of sp³-hybridized carbons (Fsp3) is 1.00. The van der Waals surface area contributed by atoms with Gasteiger partial charge in [-0.3, -0.25) is 0 Å². The summed E-state index contributed by atoms with van der Waals surface area (Å²) in [5.74, 6) is 4.98. The zero-order valence-electron chi connectivity index (χ0n) is 5.98. The van der Waals surface area contributed by atoms with E-state index in [9.17, 15) is 0 Å². The molecule has 0 amide bonds. The second-order valence-electron chi connectivity index (χ2n) is 3.07. The third kappa shape index (κ3) is 1.19. The quantitative estimate of drug-likeness (QED) is 0.437. The van der Waals surface area contributed by atoms with E-state index in [4.69, 9.17) is 0 Å². The molecule has 0 radical (unpaired) electrons. The third-order valence-corrected chi connectivity index (χ3v) is 4.26. The van der Waals surface area contributed by atoms with Crippen molar-refractivity contribution in [3.8, 4) is 0 Å². The zero-order valence-corrected chi connectivity index (χ0v) is 6.79. The second kappa shape index (κ2) is 2.30. The number of rotatable bonds is 0. The Bertz CT molecular complexity index is 70.5. The lowest BCUT2D eigenvalue weighted by Gasteiger charge is -1.99. The van der Waals surface area contributed by atoms with Crippen molar-refractivity contribution in [3.63, 3.8) is 0 Å². The Morgan fingerprint density at radius 2 is 1.50 bits per heavy atom. The van der Waals surface area contributed by atoms with Gasteiger partial charge in [-0.1, -0.05) is 13.8 Å². The van der Waals surface area contributed by atoms with Gasteiger partial charge in [-0.25, -0.2) is 0 Å². The molecule has 0 nitrogen and oxygen atoms in total. The molecule has 0 saturated carbocycles. The van der Waals surface area contributed by atoms with Crippen LogP contribution in [0.25, 0.3) is 0 Å². The van der Waals surface area contributed by atoms with Crippen LogP contribution in [0.5, 0.6) is 0 Å². The summed E-state index contributed by atoms with van der Waals surface area (Å²) in [4.78, 5) is 0. The van der Waals surface area contributed by atoms with E-state index in [-0.39, 0.29) is 0 Å². The summed E-state index contributed by atoms with van der Waals surface area (Å²) in [6, 6.07) is 0. The molecule has 0 aromatic heterocycles. The molecule has 3 atom stereocenters. The van der Waals surface area contributed by atoms with Gasteiger partial charge >= 0.3 is 0 Å². The molecule has 1 saturated heterocycles. The molecule has 1 heterocycles. The van der Waals surface area contributed by atoms with Gasteiger partial charge in [0.25, 0.3) is 0 Å². The summed E-state index contributed by atoms with van der Waals surface area (Å²) in [7, 11) is 0.767. The highest BCUT2D eigenvalue weighted by Crippen LogP contribution is 2.23. The predicted molar refractivity (Wildman–Crippen MR) is 41.4 cm³/mol. The largest absolute Gasteiger partial charge is 0.110 e. The zero-order chi connectivity index (χ0) is 6.15. The molecule has 0 spiro atoms. The fourth-order valence-electron chi connectivity index (χ4n) is 1.29. The molecule has 0 bridgehead atoms. The minimum absolute atomic E-state index is 0.767. The van der Waals surface area contributed by atoms with E-state index in [2.05, 4.69) is 20.1 Å². The van der Waals surface area contributed by atoms with Crippen molar-refractivity contribution in [3.05, 3.63) is 0 Å². The van der Waals surface area contributed by atoms with Crippen LogP contribution in [0, 0.1) is 11.8 Å². The summed E-state index contributed by atoms with van der Waals surface area (Å²) in [5, 5.41) is 0. The van der Waals surface area contributed by atoms with E-state index in [0.29, 0.717) is 0 Å². The lowest BCUT2D eigenvalue weighted by molar-refractivity contribution is 0.494. The monoisotopic (exact) mass is 131 g/mol. The fourth-order valence-corrected chi connectivity index (χ4v) is 3.88. The van der Waals surface area contributed by atoms with Crippen LogP contribution in [-0.4, -0.2) is 17.8 Å². The highest BCUT2D eigenvalue weighted by molar-refractivity contribution is 7.96. The topological polar surface area (TPSA) is 0 Å². The van der Waals surface area contributed by atoms with Gasteiger partial charge in [0.1, 0.15) is 11.5 Å². The lowest BCUT2D eigenvalue weighted by atomic mass is 10.0. The first-order valence-corrected chi connectivity index (χ1v) is 5.26. The second-order valence-corrected chi connectivity index (χ2v) is 5.30. The Morgan fingerprint density at radius 1 is 1.12 bits per heavy atom. The number of hydrogen-bond donors (Lipinski definition) is 0. The van der Waals surface area contributed by atoms with E-state index >= 15 is 0 Å². The van der Waals surface area contributed by atoms with Crippen LogP contribution in [0.4, 0.5) is 0 Å². The Hall–Kier alpha value is 0.350. The molecule has 0 aromatic rings. The normalized spacial score (nSPS) is 47.6. The summed E-state index contributed by atoms with van der Waals surface area (Å²) in [6.07, 6.45) is 2.39. The molecule has 1 heteroatoms. The van der Waals surface area contributed by atoms with Crippen molar-refractivity contribution in [2.24, 2.45) is 11.8 Å². The standard InChI is InChI=1S/C7H15S/c1-6-4-8(3)5-7(6)2/h6-7H,4-5H2,1-3H3/q+1/t6-,7+,8?. The first-order chi connectivity index (χ1) is 3.70. The Balaban J connectivity index is 2.39. The maximum atomic E-state index is 2.39. The van der Waals surface area contributed by atoms with Crippen molar-refractivity contribution < 1.29 is 0 Å². The molecule has 0 N–H and O–H groups in total. The van der Waals surface area contributed by atoms with Crippen molar-refractivity contribution in [1.29, 1.82) is 0 Å². The molecular weight excluding hydrogens is 116 g/mol. The SMILES string of the molecule is C[C@@H]1C[S+](C)C[C@@H]1C. The molecule has 1 fully saturated rings. The summed E-state index contributed by atoms with van der Waals surface area (Å²) in [6.45, 7) is 4.75. The lowest BCUT2D eigenvalue weighted by Crippen LogP contribution is -2.01. The molecule has 1 unspecified atom stereocenters. The van der Waals surface area contributed by atoms with Crippen LogP contribution in [0.1, 0.15) is 13.8 Å². The maximum Gasteiger partial charge on any atom is 0.110 e. The first kappa shape index (κ1) is 6.47.